The Kier molecular flexibility index (Phi) is 8.22. The summed E-state index contributed by atoms with van der Waals surface area (Å²) in [5.74, 6) is -0.836. The zero-order valence-electron chi connectivity index (χ0n) is 19.2. The highest BCUT2D eigenvalue weighted by atomic mass is 35.5. The van der Waals surface area contributed by atoms with Crippen molar-refractivity contribution in [1.29, 1.82) is 0 Å². The molecule has 0 radical (unpaired) electrons. The van der Waals surface area contributed by atoms with Gasteiger partial charge in [-0.15, -0.1) is 0 Å². The summed E-state index contributed by atoms with van der Waals surface area (Å²) in [5.41, 5.74) is 2.60. The first-order chi connectivity index (χ1) is 14.2. The third kappa shape index (κ3) is 7.81. The van der Waals surface area contributed by atoms with Gasteiger partial charge in [0.1, 0.15) is 9.84 Å². The van der Waals surface area contributed by atoms with E-state index in [1.165, 1.54) is 6.26 Å². The van der Waals surface area contributed by atoms with Crippen LogP contribution in [0.1, 0.15) is 58.1 Å². The van der Waals surface area contributed by atoms with Gasteiger partial charge in [0.2, 0.25) is 0 Å². The number of halogens is 1. The maximum Gasteiger partial charge on any atom is 0.305 e. The predicted octanol–water partition coefficient (Wildman–Crippen LogP) is 4.19. The summed E-state index contributed by atoms with van der Waals surface area (Å²) in [6.45, 7) is 9.46. The topological polar surface area (TPSA) is 86.7 Å². The van der Waals surface area contributed by atoms with E-state index in [2.05, 4.69) is 38.2 Å². The molecule has 0 fully saturated rings. The zero-order chi connectivity index (χ0) is 23.4. The van der Waals surface area contributed by atoms with Crippen molar-refractivity contribution in [3.05, 3.63) is 46.1 Å². The third-order valence-corrected chi connectivity index (χ3v) is 7.04. The molecule has 2 rings (SSSR count). The Morgan fingerprint density at radius 2 is 1.97 bits per heavy atom. The fourth-order valence-electron chi connectivity index (χ4n) is 3.62. The zero-order valence-corrected chi connectivity index (χ0v) is 20.7. The van der Waals surface area contributed by atoms with Crippen molar-refractivity contribution >= 4 is 27.4 Å². The van der Waals surface area contributed by atoms with Crippen LogP contribution in [0.25, 0.3) is 0 Å². The molecule has 1 heterocycles. The Labute approximate surface area is 191 Å². The molecule has 0 spiro atoms. The van der Waals surface area contributed by atoms with Crippen LogP contribution in [-0.4, -0.2) is 49.6 Å². The maximum absolute atomic E-state index is 11.8. The quantitative estimate of drug-likeness (QED) is 0.562. The first-order valence-electron chi connectivity index (χ1n) is 10.6. The van der Waals surface area contributed by atoms with Crippen LogP contribution in [0.5, 0.6) is 0 Å². The number of nitrogens with zero attached hydrogens (tertiary/aromatic N) is 1. The number of nitrogens with one attached hydrogen (secondary N) is 1. The molecule has 1 aliphatic rings. The molecule has 1 aromatic rings. The summed E-state index contributed by atoms with van der Waals surface area (Å²) in [5, 5.41) is 13.2. The molecule has 0 saturated carbocycles. The van der Waals surface area contributed by atoms with Crippen molar-refractivity contribution in [3.8, 4) is 0 Å². The summed E-state index contributed by atoms with van der Waals surface area (Å²) >= 11 is 6.63. The van der Waals surface area contributed by atoms with Crippen molar-refractivity contribution in [3.63, 3.8) is 0 Å². The Balaban J connectivity index is 2.33. The second-order valence-corrected chi connectivity index (χ2v) is 12.5. The Morgan fingerprint density at radius 3 is 2.52 bits per heavy atom. The molecule has 174 valence electrons. The van der Waals surface area contributed by atoms with Gasteiger partial charge in [-0.2, -0.15) is 0 Å². The van der Waals surface area contributed by atoms with E-state index in [1.807, 2.05) is 24.1 Å². The monoisotopic (exact) mass is 470 g/mol. The smallest absolute Gasteiger partial charge is 0.305 e. The predicted molar refractivity (Wildman–Crippen MR) is 126 cm³/mol. The van der Waals surface area contributed by atoms with E-state index in [-0.39, 0.29) is 17.6 Å². The van der Waals surface area contributed by atoms with Crippen molar-refractivity contribution in [2.75, 3.05) is 25.2 Å². The van der Waals surface area contributed by atoms with E-state index < -0.39 is 21.3 Å². The third-order valence-electron chi connectivity index (χ3n) is 5.75. The number of hydrogen-bond acceptors (Lipinski definition) is 5. The molecule has 0 aliphatic carbocycles. The van der Waals surface area contributed by atoms with Crippen LogP contribution >= 0.6 is 11.6 Å². The average Bonchev–Trinajstić information content (AvgIpc) is 2.63. The highest BCUT2D eigenvalue weighted by Gasteiger charge is 2.35. The van der Waals surface area contributed by atoms with E-state index in [9.17, 15) is 13.2 Å². The van der Waals surface area contributed by atoms with E-state index >= 15 is 0 Å². The number of benzene rings is 1. The van der Waals surface area contributed by atoms with Gasteiger partial charge in [0.25, 0.3) is 0 Å². The van der Waals surface area contributed by atoms with Gasteiger partial charge >= 0.3 is 5.97 Å². The highest BCUT2D eigenvalue weighted by Crippen LogP contribution is 2.37. The second kappa shape index (κ2) is 9.92. The summed E-state index contributed by atoms with van der Waals surface area (Å²) in [6.07, 6.45) is 5.43. The number of aliphatic carboxylic acids is 1. The molecule has 1 aromatic carbocycles. The lowest BCUT2D eigenvalue weighted by molar-refractivity contribution is -0.137. The largest absolute Gasteiger partial charge is 0.481 e. The fraction of sp³-hybridized carbons (Fsp3) is 0.609. The molecule has 6 nitrogen and oxygen atoms in total. The number of carboxylic acids is 1. The molecule has 31 heavy (non-hydrogen) atoms. The van der Waals surface area contributed by atoms with Gasteiger partial charge in [-0.05, 0) is 54.4 Å². The number of carboxylic acid groups (broad SMARTS) is 1. The van der Waals surface area contributed by atoms with E-state index in [1.54, 1.807) is 0 Å². The molecular weight excluding hydrogens is 436 g/mol. The van der Waals surface area contributed by atoms with E-state index in [4.69, 9.17) is 16.7 Å². The van der Waals surface area contributed by atoms with Crippen molar-refractivity contribution in [2.24, 2.45) is 5.41 Å². The molecule has 1 aliphatic heterocycles. The lowest BCUT2D eigenvalue weighted by Crippen LogP contribution is -2.51. The molecule has 8 heteroatoms. The maximum atomic E-state index is 11.8. The molecular formula is C23H35ClN2O4S. The van der Waals surface area contributed by atoms with Crippen LogP contribution in [0.3, 0.4) is 0 Å². The Hall–Kier alpha value is -1.57. The minimum atomic E-state index is -3.14. The number of hydrogen-bond donors (Lipinski definition) is 2. The van der Waals surface area contributed by atoms with Crippen LogP contribution in [0, 0.1) is 5.41 Å². The molecule has 0 bridgehead atoms. The minimum Gasteiger partial charge on any atom is -0.481 e. The molecule has 0 unspecified atom stereocenters. The number of rotatable bonds is 9. The van der Waals surface area contributed by atoms with Crippen LogP contribution in [0.2, 0.25) is 5.02 Å². The van der Waals surface area contributed by atoms with Gasteiger partial charge in [0.15, 0.2) is 0 Å². The van der Waals surface area contributed by atoms with Crippen LogP contribution in [-0.2, 0) is 26.6 Å². The van der Waals surface area contributed by atoms with Gasteiger partial charge < -0.3 is 10.0 Å². The van der Waals surface area contributed by atoms with Gasteiger partial charge in [0, 0.05) is 24.0 Å². The first kappa shape index (κ1) is 25.7. The molecule has 2 N–H and O–H groups in total. The standard InChI is InChI=1S/C23H35ClN2O4S/c1-22(2,3)11-8-17-6-7-18(14-20(17)24)23(4)19(10-13-31(5,29)30)15-26(16-25-23)12-9-21(27)28/h6-7,14-15,25H,8-13,16H2,1-5H3,(H,27,28)/t23-/m0/s1. The van der Waals surface area contributed by atoms with Gasteiger partial charge in [-0.1, -0.05) is 44.5 Å². The fourth-order valence-corrected chi connectivity index (χ4v) is 4.49. The average molecular weight is 471 g/mol. The lowest BCUT2D eigenvalue weighted by atomic mass is 9.81. The SMILES string of the molecule is CC(C)(C)CCc1ccc([C@]2(C)NCN(CCC(=O)O)C=C2CCS(C)(=O)=O)cc1Cl. The van der Waals surface area contributed by atoms with E-state index in [0.29, 0.717) is 24.7 Å². The van der Waals surface area contributed by atoms with Crippen LogP contribution < -0.4 is 5.32 Å². The number of sulfone groups is 1. The highest BCUT2D eigenvalue weighted by molar-refractivity contribution is 7.90. The summed E-state index contributed by atoms with van der Waals surface area (Å²) in [6, 6.07) is 6.08. The molecule has 0 saturated heterocycles. The summed E-state index contributed by atoms with van der Waals surface area (Å²) < 4.78 is 23.6. The summed E-state index contributed by atoms with van der Waals surface area (Å²) in [7, 11) is -3.14. The van der Waals surface area contributed by atoms with Gasteiger partial charge in [0.05, 0.1) is 24.4 Å². The van der Waals surface area contributed by atoms with Crippen molar-refractivity contribution < 1.29 is 18.3 Å². The minimum absolute atomic E-state index is 0.0164. The Morgan fingerprint density at radius 1 is 1.29 bits per heavy atom. The first-order valence-corrected chi connectivity index (χ1v) is 13.0. The number of carbonyl (C=O) groups is 1. The Bertz CT molecular complexity index is 937. The molecule has 0 amide bonds. The van der Waals surface area contributed by atoms with Gasteiger partial charge in [-0.3, -0.25) is 10.1 Å². The number of aryl methyl sites for hydroxylation is 1. The molecule has 0 aromatic heterocycles. The van der Waals surface area contributed by atoms with Gasteiger partial charge in [-0.25, -0.2) is 8.42 Å². The van der Waals surface area contributed by atoms with Crippen LogP contribution in [0.4, 0.5) is 0 Å². The normalized spacial score (nSPS) is 19.9. The van der Waals surface area contributed by atoms with Crippen molar-refractivity contribution in [2.45, 2.75) is 58.9 Å². The van der Waals surface area contributed by atoms with Crippen molar-refractivity contribution in [1.82, 2.24) is 10.2 Å². The lowest BCUT2D eigenvalue weighted by Gasteiger charge is -2.42. The second-order valence-electron chi connectivity index (χ2n) is 9.82. The van der Waals surface area contributed by atoms with Crippen LogP contribution in [0.15, 0.2) is 30.0 Å². The van der Waals surface area contributed by atoms with E-state index in [0.717, 1.165) is 29.5 Å². The summed E-state index contributed by atoms with van der Waals surface area (Å²) in [4.78, 5) is 12.8. The molecule has 1 atom stereocenters.